The van der Waals surface area contributed by atoms with E-state index in [1.165, 1.54) is 186 Å². The molecule has 3 N–H and O–H groups in total. The van der Waals surface area contributed by atoms with E-state index < -0.39 is 20.0 Å². The third kappa shape index (κ3) is 59.2. The first-order valence-corrected chi connectivity index (χ1v) is 33.0. The van der Waals surface area contributed by atoms with Crippen molar-refractivity contribution in [3.63, 3.8) is 0 Å². The molecule has 0 saturated carbocycles. The number of hydrogen-bond acceptors (Lipinski definition) is 5. The van der Waals surface area contributed by atoms with Gasteiger partial charge in [0.05, 0.1) is 39.9 Å². The van der Waals surface area contributed by atoms with E-state index in [1.54, 1.807) is 6.08 Å². The van der Waals surface area contributed by atoms with Crippen molar-refractivity contribution in [3.8, 4) is 0 Å². The quantitative estimate of drug-likeness (QED) is 0.0243. The number of rotatable bonds is 57. The molecule has 1 amide bonds. The molecular weight excluding hydrogens is 948 g/mol. The van der Waals surface area contributed by atoms with E-state index in [-0.39, 0.29) is 19.1 Å². The molecule has 0 radical (unpaired) electrons. The lowest BCUT2D eigenvalue weighted by atomic mass is 10.0. The van der Waals surface area contributed by atoms with E-state index in [4.69, 9.17) is 9.05 Å². The molecule has 436 valence electrons. The summed E-state index contributed by atoms with van der Waals surface area (Å²) in [6.45, 7) is 4.70. The molecule has 0 aromatic heterocycles. The highest BCUT2D eigenvalue weighted by atomic mass is 31.2. The first-order valence-electron chi connectivity index (χ1n) is 31.5. The third-order valence-electron chi connectivity index (χ3n) is 13.8. The molecule has 0 spiro atoms. The van der Waals surface area contributed by atoms with Crippen LogP contribution in [0.1, 0.15) is 277 Å². The maximum atomic E-state index is 13.0. The lowest BCUT2D eigenvalue weighted by Crippen LogP contribution is -2.45. The van der Waals surface area contributed by atoms with Crippen LogP contribution in [-0.2, 0) is 18.4 Å². The van der Waals surface area contributed by atoms with E-state index in [0.29, 0.717) is 17.4 Å². The van der Waals surface area contributed by atoms with Crippen molar-refractivity contribution in [1.82, 2.24) is 5.32 Å². The van der Waals surface area contributed by atoms with Crippen molar-refractivity contribution in [3.05, 3.63) is 85.1 Å². The Kier molecular flexibility index (Phi) is 54.7. The van der Waals surface area contributed by atoms with Crippen molar-refractivity contribution < 1.29 is 32.9 Å². The van der Waals surface area contributed by atoms with Crippen LogP contribution in [0.25, 0.3) is 0 Å². The second-order valence-corrected chi connectivity index (χ2v) is 23.8. The summed E-state index contributed by atoms with van der Waals surface area (Å²) in [7, 11) is 1.55. The highest BCUT2D eigenvalue weighted by Crippen LogP contribution is 2.43. The van der Waals surface area contributed by atoms with E-state index in [2.05, 4.69) is 92.1 Å². The molecule has 0 aromatic carbocycles. The minimum Gasteiger partial charge on any atom is -0.387 e. The van der Waals surface area contributed by atoms with Gasteiger partial charge in [-0.1, -0.05) is 279 Å². The van der Waals surface area contributed by atoms with Crippen LogP contribution in [0.5, 0.6) is 0 Å². The van der Waals surface area contributed by atoms with Crippen LogP contribution in [-0.4, -0.2) is 73.4 Å². The Morgan fingerprint density at radius 3 is 1.23 bits per heavy atom. The molecule has 0 saturated heterocycles. The standard InChI is InChI=1S/C66H121N2O6P/c1-6-8-10-12-14-16-18-20-22-24-26-28-30-32-33-34-35-36-38-40-42-44-46-48-50-52-54-56-58-60-66(70)67-64(63-74-75(71,72)73-62-61-68(3,4)5)65(69)59-57-55-53-51-49-47-45-43-41-39-37-31-29-27-25-23-21-19-17-15-13-11-9-7-2/h8,10,14,16,20,22,26,28,32-33,49,51,57,59,64-65,69H,6-7,9,11-13,15,17-19,21,23-25,27,29-31,34-48,50,52-56,58,60-63H2,1-5H3,(H-,67,70,71,72)/p+1/b10-8-,16-14-,22-20-,28-26-,33-32-,51-49+,59-57+. The van der Waals surface area contributed by atoms with Crippen LogP contribution in [0.3, 0.4) is 0 Å². The molecule has 0 aliphatic heterocycles. The van der Waals surface area contributed by atoms with Gasteiger partial charge in [0.1, 0.15) is 13.2 Å². The summed E-state index contributed by atoms with van der Waals surface area (Å²) >= 11 is 0. The predicted molar refractivity (Wildman–Crippen MR) is 327 cm³/mol. The lowest BCUT2D eigenvalue weighted by molar-refractivity contribution is -0.870. The van der Waals surface area contributed by atoms with Gasteiger partial charge >= 0.3 is 7.82 Å². The summed E-state index contributed by atoms with van der Waals surface area (Å²) in [5.41, 5.74) is 0. The van der Waals surface area contributed by atoms with Crippen molar-refractivity contribution >= 4 is 13.7 Å². The number of carbonyl (C=O) groups excluding carboxylic acids is 1. The average Bonchev–Trinajstić information content (AvgIpc) is 3.37. The van der Waals surface area contributed by atoms with Crippen molar-refractivity contribution in [2.24, 2.45) is 0 Å². The van der Waals surface area contributed by atoms with E-state index >= 15 is 0 Å². The number of hydrogen-bond donors (Lipinski definition) is 3. The molecule has 0 bridgehead atoms. The third-order valence-corrected chi connectivity index (χ3v) is 14.8. The SMILES string of the molecule is CC/C=C\C/C=C\C/C=C\C/C=C\C/C=C\CCCCCCCCCCCCCCCC(=O)NC(COP(=O)(O)OCC[N+](C)(C)C)C(O)/C=C/CC/C=C/CCCCCCCCCCCCCCCCCCCC. The van der Waals surface area contributed by atoms with E-state index in [0.717, 1.165) is 70.6 Å². The van der Waals surface area contributed by atoms with Gasteiger partial charge in [-0.05, 0) is 77.0 Å². The number of amides is 1. The number of nitrogens with one attached hydrogen (secondary N) is 1. The Morgan fingerprint density at radius 1 is 0.467 bits per heavy atom. The molecule has 0 aliphatic rings. The second kappa shape index (κ2) is 56.4. The molecule has 0 rings (SSSR count). The van der Waals surface area contributed by atoms with Gasteiger partial charge in [-0.25, -0.2) is 4.57 Å². The monoisotopic (exact) mass is 1070 g/mol. The number of likely N-dealkylation sites (N-methyl/N-ethyl adjacent to an activating group) is 1. The van der Waals surface area contributed by atoms with E-state index in [9.17, 15) is 19.4 Å². The number of quaternary nitrogens is 1. The largest absolute Gasteiger partial charge is 0.472 e. The summed E-state index contributed by atoms with van der Waals surface area (Å²) in [4.78, 5) is 23.4. The van der Waals surface area contributed by atoms with Gasteiger partial charge in [-0.3, -0.25) is 13.8 Å². The first kappa shape index (κ1) is 72.7. The molecular formula is C66H122N2O6P+. The van der Waals surface area contributed by atoms with Crippen molar-refractivity contribution in [2.75, 3.05) is 40.9 Å². The fourth-order valence-corrected chi connectivity index (χ4v) is 9.70. The number of aliphatic hydroxyl groups excluding tert-OH is 1. The van der Waals surface area contributed by atoms with Crippen LogP contribution < -0.4 is 5.32 Å². The molecule has 0 aromatic rings. The zero-order valence-corrected chi connectivity index (χ0v) is 50.7. The number of phosphoric ester groups is 1. The molecule has 8 nitrogen and oxygen atoms in total. The highest BCUT2D eigenvalue weighted by Gasteiger charge is 2.27. The fourth-order valence-electron chi connectivity index (χ4n) is 8.97. The number of unbranched alkanes of at least 4 members (excludes halogenated alkanes) is 32. The molecule has 0 fully saturated rings. The van der Waals surface area contributed by atoms with Gasteiger partial charge in [0, 0.05) is 6.42 Å². The normalized spacial score (nSPS) is 14.4. The predicted octanol–water partition coefficient (Wildman–Crippen LogP) is 19.6. The number of aliphatic hydroxyl groups is 1. The van der Waals surface area contributed by atoms with Crippen LogP contribution in [0.2, 0.25) is 0 Å². The van der Waals surface area contributed by atoms with Crippen LogP contribution in [0, 0.1) is 0 Å². The Morgan fingerprint density at radius 2 is 0.813 bits per heavy atom. The fraction of sp³-hybridized carbons (Fsp3) is 0.773. The summed E-state index contributed by atoms with van der Waals surface area (Å²) in [6, 6.07) is -0.870. The minimum absolute atomic E-state index is 0.0533. The molecule has 3 unspecified atom stereocenters. The topological polar surface area (TPSA) is 105 Å². The maximum absolute atomic E-state index is 13.0. The Bertz CT molecular complexity index is 1500. The Balaban J connectivity index is 4.19. The lowest BCUT2D eigenvalue weighted by Gasteiger charge is -2.25. The summed E-state index contributed by atoms with van der Waals surface area (Å²) in [6.07, 6.45) is 79.9. The van der Waals surface area contributed by atoms with Gasteiger partial charge in [-0.2, -0.15) is 0 Å². The van der Waals surface area contributed by atoms with Crippen molar-refractivity contribution in [2.45, 2.75) is 289 Å². The minimum atomic E-state index is -4.36. The van der Waals surface area contributed by atoms with Gasteiger partial charge in [-0.15, -0.1) is 0 Å². The zero-order chi connectivity index (χ0) is 54.9. The highest BCUT2D eigenvalue weighted by molar-refractivity contribution is 7.47. The van der Waals surface area contributed by atoms with Gasteiger partial charge in [0.25, 0.3) is 0 Å². The number of phosphoric acid groups is 1. The Hall–Kier alpha value is -2.32. The molecule has 75 heavy (non-hydrogen) atoms. The maximum Gasteiger partial charge on any atom is 0.472 e. The summed E-state index contributed by atoms with van der Waals surface area (Å²) in [5, 5.41) is 14.0. The van der Waals surface area contributed by atoms with Crippen molar-refractivity contribution in [1.29, 1.82) is 0 Å². The number of nitrogens with zero attached hydrogens (tertiary/aromatic N) is 1. The average molecular weight is 1070 g/mol. The smallest absolute Gasteiger partial charge is 0.387 e. The zero-order valence-electron chi connectivity index (χ0n) is 49.8. The van der Waals surface area contributed by atoms with Crippen LogP contribution >= 0.6 is 7.82 Å². The summed E-state index contributed by atoms with van der Waals surface area (Å²) in [5.74, 6) is -0.188. The van der Waals surface area contributed by atoms with Gasteiger partial charge < -0.3 is 19.8 Å². The number of carbonyl (C=O) groups is 1. The molecule has 0 heterocycles. The Labute approximate surface area is 465 Å². The van der Waals surface area contributed by atoms with Crippen LogP contribution in [0.4, 0.5) is 0 Å². The first-order chi connectivity index (χ1) is 36.5. The molecule has 9 heteroatoms. The number of allylic oxidation sites excluding steroid dienone is 13. The second-order valence-electron chi connectivity index (χ2n) is 22.4. The molecule has 3 atom stereocenters. The van der Waals surface area contributed by atoms with Crippen LogP contribution in [0.15, 0.2) is 85.1 Å². The van der Waals surface area contributed by atoms with Gasteiger partial charge in [0.2, 0.25) is 5.91 Å². The summed E-state index contributed by atoms with van der Waals surface area (Å²) < 4.78 is 23.7. The molecule has 0 aliphatic carbocycles. The van der Waals surface area contributed by atoms with E-state index in [1.807, 2.05) is 27.2 Å². The van der Waals surface area contributed by atoms with Gasteiger partial charge in [0.15, 0.2) is 0 Å².